The first-order valence-electron chi connectivity index (χ1n) is 7.48. The third kappa shape index (κ3) is 2.88. The summed E-state index contributed by atoms with van der Waals surface area (Å²) in [5, 5.41) is 12.6. The Bertz CT molecular complexity index is 547. The lowest BCUT2D eigenvalue weighted by Gasteiger charge is -2.34. The number of hydrogen-bond acceptors (Lipinski definition) is 5. The SMILES string of the molecule is COc1c(C#N)ccc2c1CCO[C@H]2CN1CCNCC1. The monoisotopic (exact) mass is 287 g/mol. The molecule has 1 saturated heterocycles. The van der Waals surface area contributed by atoms with Gasteiger partial charge in [0, 0.05) is 38.3 Å². The predicted molar refractivity (Wildman–Crippen MR) is 79.4 cm³/mol. The van der Waals surface area contributed by atoms with Crippen molar-refractivity contribution in [3.8, 4) is 11.8 Å². The second-order valence-electron chi connectivity index (χ2n) is 5.49. The maximum absolute atomic E-state index is 9.20. The molecule has 0 aliphatic carbocycles. The van der Waals surface area contributed by atoms with Gasteiger partial charge < -0.3 is 14.8 Å². The Labute approximate surface area is 125 Å². The van der Waals surface area contributed by atoms with Gasteiger partial charge in [-0.05, 0) is 18.1 Å². The third-order valence-electron chi connectivity index (χ3n) is 4.27. The molecule has 0 amide bonds. The number of piperazine rings is 1. The van der Waals surface area contributed by atoms with Crippen LogP contribution in [0, 0.1) is 11.3 Å². The molecule has 5 heteroatoms. The Morgan fingerprint density at radius 1 is 1.43 bits per heavy atom. The molecule has 1 aromatic carbocycles. The molecule has 21 heavy (non-hydrogen) atoms. The summed E-state index contributed by atoms with van der Waals surface area (Å²) in [4.78, 5) is 2.43. The minimum Gasteiger partial charge on any atom is -0.495 e. The van der Waals surface area contributed by atoms with E-state index in [-0.39, 0.29) is 6.10 Å². The lowest BCUT2D eigenvalue weighted by atomic mass is 9.93. The average Bonchev–Trinajstić information content (AvgIpc) is 2.55. The molecular formula is C16H21N3O2. The van der Waals surface area contributed by atoms with Crippen molar-refractivity contribution in [2.24, 2.45) is 0 Å². The Balaban J connectivity index is 1.86. The molecule has 2 heterocycles. The Morgan fingerprint density at radius 2 is 2.24 bits per heavy atom. The van der Waals surface area contributed by atoms with Crippen LogP contribution in [0.25, 0.3) is 0 Å². The van der Waals surface area contributed by atoms with E-state index in [4.69, 9.17) is 9.47 Å². The van der Waals surface area contributed by atoms with Crippen molar-refractivity contribution in [2.45, 2.75) is 12.5 Å². The molecule has 0 spiro atoms. The Kier molecular flexibility index (Phi) is 4.39. The average molecular weight is 287 g/mol. The normalized spacial score (nSPS) is 22.4. The van der Waals surface area contributed by atoms with Gasteiger partial charge in [-0.1, -0.05) is 6.07 Å². The molecule has 1 atom stereocenters. The van der Waals surface area contributed by atoms with E-state index in [0.29, 0.717) is 12.2 Å². The van der Waals surface area contributed by atoms with Gasteiger partial charge in [0.25, 0.3) is 0 Å². The Hall–Kier alpha value is -1.61. The van der Waals surface area contributed by atoms with Crippen molar-refractivity contribution < 1.29 is 9.47 Å². The number of nitrogens with zero attached hydrogens (tertiary/aromatic N) is 2. The molecule has 0 radical (unpaired) electrons. The van der Waals surface area contributed by atoms with E-state index in [1.54, 1.807) is 7.11 Å². The van der Waals surface area contributed by atoms with E-state index in [1.165, 1.54) is 5.56 Å². The van der Waals surface area contributed by atoms with E-state index in [0.717, 1.165) is 50.5 Å². The molecule has 1 fully saturated rings. The Morgan fingerprint density at radius 3 is 2.95 bits per heavy atom. The van der Waals surface area contributed by atoms with Gasteiger partial charge in [0.15, 0.2) is 0 Å². The second kappa shape index (κ2) is 6.44. The number of rotatable bonds is 3. The molecule has 2 aliphatic rings. The number of methoxy groups -OCH3 is 1. The summed E-state index contributed by atoms with van der Waals surface area (Å²) in [6.45, 7) is 5.79. The molecule has 5 nitrogen and oxygen atoms in total. The number of ether oxygens (including phenoxy) is 2. The fraction of sp³-hybridized carbons (Fsp3) is 0.562. The molecule has 0 bridgehead atoms. The van der Waals surface area contributed by atoms with E-state index in [9.17, 15) is 5.26 Å². The highest BCUT2D eigenvalue weighted by molar-refractivity contribution is 5.53. The van der Waals surface area contributed by atoms with Crippen molar-refractivity contribution in [3.63, 3.8) is 0 Å². The molecule has 0 unspecified atom stereocenters. The molecule has 1 aromatic rings. The van der Waals surface area contributed by atoms with Crippen molar-refractivity contribution in [2.75, 3.05) is 46.4 Å². The second-order valence-corrected chi connectivity index (χ2v) is 5.49. The first-order chi connectivity index (χ1) is 10.3. The van der Waals surface area contributed by atoms with Crippen LogP contribution in [0.4, 0.5) is 0 Å². The number of nitriles is 1. The maximum Gasteiger partial charge on any atom is 0.140 e. The van der Waals surface area contributed by atoms with E-state index < -0.39 is 0 Å². The van der Waals surface area contributed by atoms with Gasteiger partial charge in [-0.3, -0.25) is 4.90 Å². The minimum atomic E-state index is 0.0773. The van der Waals surface area contributed by atoms with Crippen LogP contribution in [0.3, 0.4) is 0 Å². The van der Waals surface area contributed by atoms with Gasteiger partial charge >= 0.3 is 0 Å². The minimum absolute atomic E-state index is 0.0773. The van der Waals surface area contributed by atoms with Crippen molar-refractivity contribution in [1.82, 2.24) is 10.2 Å². The van der Waals surface area contributed by atoms with Crippen LogP contribution in [0.5, 0.6) is 5.75 Å². The van der Waals surface area contributed by atoms with Gasteiger partial charge in [0.1, 0.15) is 11.8 Å². The zero-order chi connectivity index (χ0) is 14.7. The highest BCUT2D eigenvalue weighted by atomic mass is 16.5. The van der Waals surface area contributed by atoms with Crippen molar-refractivity contribution in [1.29, 1.82) is 5.26 Å². The summed E-state index contributed by atoms with van der Waals surface area (Å²) in [6.07, 6.45) is 0.889. The van der Waals surface area contributed by atoms with Crippen LogP contribution in [0.1, 0.15) is 22.8 Å². The summed E-state index contributed by atoms with van der Waals surface area (Å²) in [5.41, 5.74) is 2.93. The molecule has 112 valence electrons. The topological polar surface area (TPSA) is 57.5 Å². The number of nitrogens with one attached hydrogen (secondary N) is 1. The maximum atomic E-state index is 9.20. The highest BCUT2D eigenvalue weighted by Crippen LogP contribution is 2.35. The number of fused-ring (bicyclic) bond motifs is 1. The van der Waals surface area contributed by atoms with Gasteiger partial charge in [-0.25, -0.2) is 0 Å². The summed E-state index contributed by atoms with van der Waals surface area (Å²) in [6, 6.07) is 6.08. The summed E-state index contributed by atoms with van der Waals surface area (Å²) >= 11 is 0. The van der Waals surface area contributed by atoms with E-state index in [2.05, 4.69) is 16.3 Å². The molecule has 1 N–H and O–H groups in total. The first kappa shape index (κ1) is 14.3. The van der Waals surface area contributed by atoms with Crippen molar-refractivity contribution >= 4 is 0 Å². The number of benzene rings is 1. The molecule has 0 aromatic heterocycles. The predicted octanol–water partition coefficient (Wildman–Crippen LogP) is 1.09. The highest BCUT2D eigenvalue weighted by Gasteiger charge is 2.27. The molecular weight excluding hydrogens is 266 g/mol. The largest absolute Gasteiger partial charge is 0.495 e. The summed E-state index contributed by atoms with van der Waals surface area (Å²) in [5.74, 6) is 0.726. The fourth-order valence-electron chi connectivity index (χ4n) is 3.20. The van der Waals surface area contributed by atoms with Gasteiger partial charge in [0.2, 0.25) is 0 Å². The lowest BCUT2D eigenvalue weighted by molar-refractivity contribution is 0.0130. The van der Waals surface area contributed by atoms with Crippen molar-refractivity contribution in [3.05, 3.63) is 28.8 Å². The van der Waals surface area contributed by atoms with E-state index >= 15 is 0 Å². The fourth-order valence-corrected chi connectivity index (χ4v) is 3.20. The standard InChI is InChI=1S/C16H21N3O2/c1-20-16-12(10-17)2-3-13-14(16)4-9-21-15(13)11-19-7-5-18-6-8-19/h2-3,15,18H,4-9,11H2,1H3/t15-/m0/s1. The number of hydrogen-bond donors (Lipinski definition) is 1. The summed E-state index contributed by atoms with van der Waals surface area (Å²) < 4.78 is 11.5. The van der Waals surface area contributed by atoms with Gasteiger partial charge in [-0.15, -0.1) is 0 Å². The first-order valence-corrected chi connectivity index (χ1v) is 7.48. The van der Waals surface area contributed by atoms with Crippen LogP contribution in [-0.4, -0.2) is 51.3 Å². The molecule has 0 saturated carbocycles. The van der Waals surface area contributed by atoms with Crippen LogP contribution < -0.4 is 10.1 Å². The molecule has 3 rings (SSSR count). The van der Waals surface area contributed by atoms with Gasteiger partial charge in [-0.2, -0.15) is 5.26 Å². The summed E-state index contributed by atoms with van der Waals surface area (Å²) in [7, 11) is 1.64. The van der Waals surface area contributed by atoms with Gasteiger partial charge in [0.05, 0.1) is 25.4 Å². The smallest absolute Gasteiger partial charge is 0.140 e. The lowest BCUT2D eigenvalue weighted by Crippen LogP contribution is -2.45. The van der Waals surface area contributed by atoms with Crippen LogP contribution in [0.2, 0.25) is 0 Å². The van der Waals surface area contributed by atoms with E-state index in [1.807, 2.05) is 12.1 Å². The third-order valence-corrected chi connectivity index (χ3v) is 4.27. The zero-order valence-electron chi connectivity index (χ0n) is 12.4. The van der Waals surface area contributed by atoms with Crippen LogP contribution >= 0.6 is 0 Å². The van der Waals surface area contributed by atoms with Crippen LogP contribution in [-0.2, 0) is 11.2 Å². The van der Waals surface area contributed by atoms with Crippen LogP contribution in [0.15, 0.2) is 12.1 Å². The quantitative estimate of drug-likeness (QED) is 0.902. The zero-order valence-corrected chi connectivity index (χ0v) is 12.4. The molecule has 2 aliphatic heterocycles.